The third-order valence-electron chi connectivity index (χ3n) is 3.37. The standard InChI is InChI=1S/C17H19NO2S/c1-4-14(13-7-5-11(2)6-8-13)18-17(20)16-10-9-15(21-16)12(3)19/h5-10,14H,4H2,1-3H3,(H,18,20)/t14-/m0/s1. The predicted octanol–water partition coefficient (Wildman–Crippen LogP) is 4.14. The fourth-order valence-electron chi connectivity index (χ4n) is 2.10. The van der Waals surface area contributed by atoms with E-state index in [1.807, 2.05) is 38.1 Å². The number of rotatable bonds is 5. The number of carbonyl (C=O) groups excluding carboxylic acids is 2. The van der Waals surface area contributed by atoms with Crippen molar-refractivity contribution >= 4 is 23.0 Å². The normalized spacial score (nSPS) is 12.0. The van der Waals surface area contributed by atoms with E-state index >= 15 is 0 Å². The summed E-state index contributed by atoms with van der Waals surface area (Å²) < 4.78 is 0. The summed E-state index contributed by atoms with van der Waals surface area (Å²) in [5.74, 6) is -0.135. The number of thiophene rings is 1. The molecule has 1 aromatic carbocycles. The lowest BCUT2D eigenvalue weighted by Gasteiger charge is -2.17. The van der Waals surface area contributed by atoms with Crippen molar-refractivity contribution in [3.8, 4) is 0 Å². The zero-order valence-corrected chi connectivity index (χ0v) is 13.3. The zero-order valence-electron chi connectivity index (χ0n) is 12.5. The van der Waals surface area contributed by atoms with Gasteiger partial charge >= 0.3 is 0 Å². The lowest BCUT2D eigenvalue weighted by Crippen LogP contribution is -2.27. The van der Waals surface area contributed by atoms with Gasteiger partial charge in [0, 0.05) is 0 Å². The molecule has 21 heavy (non-hydrogen) atoms. The molecular formula is C17H19NO2S. The highest BCUT2D eigenvalue weighted by Gasteiger charge is 2.16. The van der Waals surface area contributed by atoms with Gasteiger partial charge in [-0.05, 0) is 38.0 Å². The van der Waals surface area contributed by atoms with Crippen LogP contribution in [0.4, 0.5) is 0 Å². The van der Waals surface area contributed by atoms with Crippen molar-refractivity contribution in [1.29, 1.82) is 0 Å². The van der Waals surface area contributed by atoms with Gasteiger partial charge in [0.15, 0.2) is 5.78 Å². The number of benzene rings is 1. The van der Waals surface area contributed by atoms with Gasteiger partial charge in [-0.25, -0.2) is 0 Å². The van der Waals surface area contributed by atoms with Crippen LogP contribution in [0.25, 0.3) is 0 Å². The average molecular weight is 301 g/mol. The molecule has 0 radical (unpaired) electrons. The highest BCUT2D eigenvalue weighted by Crippen LogP contribution is 2.21. The third-order valence-corrected chi connectivity index (χ3v) is 4.55. The number of amides is 1. The molecule has 0 spiro atoms. The van der Waals surface area contributed by atoms with Crippen LogP contribution in [0.15, 0.2) is 36.4 Å². The van der Waals surface area contributed by atoms with Crippen LogP contribution >= 0.6 is 11.3 Å². The number of Topliss-reactive ketones (excluding diaryl/α,β-unsaturated/α-hetero) is 1. The number of hydrogen-bond acceptors (Lipinski definition) is 3. The maximum absolute atomic E-state index is 12.3. The molecule has 4 heteroatoms. The monoisotopic (exact) mass is 301 g/mol. The SMILES string of the molecule is CC[C@H](NC(=O)c1ccc(C(C)=O)s1)c1ccc(C)cc1. The van der Waals surface area contributed by atoms with Crippen molar-refractivity contribution in [2.24, 2.45) is 0 Å². The Balaban J connectivity index is 2.12. The van der Waals surface area contributed by atoms with Gasteiger partial charge in [0.2, 0.25) is 0 Å². The highest BCUT2D eigenvalue weighted by molar-refractivity contribution is 7.15. The molecule has 0 aliphatic rings. The molecule has 0 aliphatic heterocycles. The molecule has 1 amide bonds. The second-order valence-corrected chi connectivity index (χ2v) is 6.15. The van der Waals surface area contributed by atoms with E-state index < -0.39 is 0 Å². The maximum atomic E-state index is 12.3. The van der Waals surface area contributed by atoms with E-state index in [0.29, 0.717) is 9.75 Å². The van der Waals surface area contributed by atoms with Crippen LogP contribution in [-0.2, 0) is 0 Å². The van der Waals surface area contributed by atoms with Gasteiger partial charge in [-0.3, -0.25) is 9.59 Å². The average Bonchev–Trinajstić information content (AvgIpc) is 2.96. The van der Waals surface area contributed by atoms with Crippen LogP contribution in [0.3, 0.4) is 0 Å². The third kappa shape index (κ3) is 3.79. The van der Waals surface area contributed by atoms with Crippen LogP contribution in [0, 0.1) is 6.92 Å². The zero-order chi connectivity index (χ0) is 15.4. The highest BCUT2D eigenvalue weighted by atomic mass is 32.1. The minimum absolute atomic E-state index is 0.00961. The number of hydrogen-bond donors (Lipinski definition) is 1. The molecule has 110 valence electrons. The summed E-state index contributed by atoms with van der Waals surface area (Å²) in [6.45, 7) is 5.59. The fourth-order valence-corrected chi connectivity index (χ4v) is 2.90. The van der Waals surface area contributed by atoms with E-state index in [4.69, 9.17) is 0 Å². The van der Waals surface area contributed by atoms with E-state index in [-0.39, 0.29) is 17.7 Å². The number of ketones is 1. The van der Waals surface area contributed by atoms with Crippen molar-refractivity contribution in [2.75, 3.05) is 0 Å². The Morgan fingerprint density at radius 3 is 2.24 bits per heavy atom. The van der Waals surface area contributed by atoms with Gasteiger partial charge in [-0.15, -0.1) is 11.3 Å². The summed E-state index contributed by atoms with van der Waals surface area (Å²) in [4.78, 5) is 24.8. The van der Waals surface area contributed by atoms with Gasteiger partial charge < -0.3 is 5.32 Å². The molecule has 3 nitrogen and oxygen atoms in total. The van der Waals surface area contributed by atoms with E-state index in [0.717, 1.165) is 12.0 Å². The molecular weight excluding hydrogens is 282 g/mol. The maximum Gasteiger partial charge on any atom is 0.261 e. The molecule has 0 saturated heterocycles. The molecule has 0 bridgehead atoms. The molecule has 1 heterocycles. The van der Waals surface area contributed by atoms with Gasteiger partial charge in [-0.1, -0.05) is 36.8 Å². The Morgan fingerprint density at radius 1 is 1.10 bits per heavy atom. The molecule has 0 unspecified atom stereocenters. The molecule has 1 atom stereocenters. The Bertz CT molecular complexity index is 643. The summed E-state index contributed by atoms with van der Waals surface area (Å²) >= 11 is 1.24. The van der Waals surface area contributed by atoms with Crippen LogP contribution < -0.4 is 5.32 Å². The van der Waals surface area contributed by atoms with Gasteiger partial charge in [0.1, 0.15) is 0 Å². The summed E-state index contributed by atoms with van der Waals surface area (Å²) in [7, 11) is 0. The lowest BCUT2D eigenvalue weighted by atomic mass is 10.0. The molecule has 0 aliphatic carbocycles. The Morgan fingerprint density at radius 2 is 1.71 bits per heavy atom. The van der Waals surface area contributed by atoms with Gasteiger partial charge in [-0.2, -0.15) is 0 Å². The van der Waals surface area contributed by atoms with Crippen LogP contribution in [0.1, 0.15) is 56.8 Å². The number of carbonyl (C=O) groups is 2. The first-order valence-electron chi connectivity index (χ1n) is 6.99. The van der Waals surface area contributed by atoms with Crippen LogP contribution in [-0.4, -0.2) is 11.7 Å². The summed E-state index contributed by atoms with van der Waals surface area (Å²) in [5, 5.41) is 3.03. The molecule has 1 N–H and O–H groups in total. The Hall–Kier alpha value is -1.94. The second kappa shape index (κ2) is 6.68. The molecule has 2 aromatic rings. The summed E-state index contributed by atoms with van der Waals surface area (Å²) in [6.07, 6.45) is 0.819. The van der Waals surface area contributed by atoms with Crippen molar-refractivity contribution < 1.29 is 9.59 Å². The van der Waals surface area contributed by atoms with Gasteiger partial charge in [0.25, 0.3) is 5.91 Å². The number of aryl methyl sites for hydroxylation is 1. The van der Waals surface area contributed by atoms with Crippen LogP contribution in [0.2, 0.25) is 0 Å². The first-order valence-corrected chi connectivity index (χ1v) is 7.81. The van der Waals surface area contributed by atoms with Crippen molar-refractivity contribution in [3.05, 3.63) is 57.3 Å². The van der Waals surface area contributed by atoms with Crippen molar-refractivity contribution in [1.82, 2.24) is 5.32 Å². The van der Waals surface area contributed by atoms with Crippen molar-refractivity contribution in [3.63, 3.8) is 0 Å². The first-order chi connectivity index (χ1) is 10.0. The van der Waals surface area contributed by atoms with E-state index in [1.54, 1.807) is 12.1 Å². The Labute approximate surface area is 129 Å². The second-order valence-electron chi connectivity index (χ2n) is 5.07. The van der Waals surface area contributed by atoms with Crippen molar-refractivity contribution in [2.45, 2.75) is 33.2 Å². The molecule has 0 fully saturated rings. The molecule has 1 aromatic heterocycles. The molecule has 2 rings (SSSR count). The number of nitrogens with one attached hydrogen (secondary N) is 1. The van der Waals surface area contributed by atoms with E-state index in [1.165, 1.54) is 23.8 Å². The molecule has 0 saturated carbocycles. The lowest BCUT2D eigenvalue weighted by molar-refractivity contribution is 0.0939. The minimum Gasteiger partial charge on any atom is -0.345 e. The quantitative estimate of drug-likeness (QED) is 0.844. The summed E-state index contributed by atoms with van der Waals surface area (Å²) in [5.41, 5.74) is 2.30. The minimum atomic E-state index is -0.125. The predicted molar refractivity (Wildman–Crippen MR) is 86.0 cm³/mol. The van der Waals surface area contributed by atoms with E-state index in [2.05, 4.69) is 5.32 Å². The Kier molecular flexibility index (Phi) is 4.91. The smallest absolute Gasteiger partial charge is 0.261 e. The first kappa shape index (κ1) is 15.4. The largest absolute Gasteiger partial charge is 0.345 e. The van der Waals surface area contributed by atoms with E-state index in [9.17, 15) is 9.59 Å². The van der Waals surface area contributed by atoms with Crippen LogP contribution in [0.5, 0.6) is 0 Å². The topological polar surface area (TPSA) is 46.2 Å². The van der Waals surface area contributed by atoms with Gasteiger partial charge in [0.05, 0.1) is 15.8 Å². The summed E-state index contributed by atoms with van der Waals surface area (Å²) in [6, 6.07) is 11.6. The fraction of sp³-hybridized carbons (Fsp3) is 0.294.